The van der Waals surface area contributed by atoms with Crippen molar-refractivity contribution in [2.24, 2.45) is 5.92 Å². The highest BCUT2D eigenvalue weighted by molar-refractivity contribution is 7.80. The average molecular weight is 293 g/mol. The maximum Gasteiger partial charge on any atom is 0.401 e. The van der Waals surface area contributed by atoms with Crippen molar-refractivity contribution in [3.63, 3.8) is 0 Å². The minimum atomic E-state index is -4.70. The van der Waals surface area contributed by atoms with Crippen LogP contribution in [0.3, 0.4) is 0 Å². The molecule has 1 atom stereocenters. The highest BCUT2D eigenvalue weighted by Crippen LogP contribution is 2.28. The molecule has 104 valence electrons. The van der Waals surface area contributed by atoms with Crippen molar-refractivity contribution in [2.45, 2.75) is 6.18 Å². The number of alkyl halides is 3. The summed E-state index contributed by atoms with van der Waals surface area (Å²) in [5, 5.41) is 10.7. The number of carboxylic acid groups (broad SMARTS) is 1. The van der Waals surface area contributed by atoms with E-state index in [0.29, 0.717) is 0 Å². The summed E-state index contributed by atoms with van der Waals surface area (Å²) >= 11 is 3.49. The van der Waals surface area contributed by atoms with Gasteiger partial charge >= 0.3 is 12.1 Å². The number of halogens is 3. The summed E-state index contributed by atoms with van der Waals surface area (Å²) in [6.07, 6.45) is -4.70. The van der Waals surface area contributed by atoms with Gasteiger partial charge in [0.2, 0.25) is 5.91 Å². The van der Waals surface area contributed by atoms with Crippen LogP contribution in [0, 0.1) is 5.92 Å². The molecule has 0 saturated heterocycles. The van der Waals surface area contributed by atoms with Crippen LogP contribution in [0.5, 0.6) is 0 Å². The highest BCUT2D eigenvalue weighted by Gasteiger charge is 2.43. The van der Waals surface area contributed by atoms with E-state index in [1.54, 1.807) is 0 Å². The fourth-order valence-corrected chi connectivity index (χ4v) is 1.67. The predicted molar refractivity (Wildman–Crippen MR) is 65.4 cm³/mol. The van der Waals surface area contributed by atoms with Crippen LogP contribution in [-0.4, -0.2) is 28.9 Å². The summed E-state index contributed by atoms with van der Waals surface area (Å²) in [5.41, 5.74) is -0.145. The second kappa shape index (κ2) is 5.96. The molecule has 0 aliphatic heterocycles. The van der Waals surface area contributed by atoms with Crippen LogP contribution in [0.25, 0.3) is 0 Å². The van der Waals surface area contributed by atoms with E-state index in [-0.39, 0.29) is 11.3 Å². The lowest BCUT2D eigenvalue weighted by molar-refractivity contribution is -0.174. The summed E-state index contributed by atoms with van der Waals surface area (Å²) in [6, 6.07) is 4.96. The molecule has 0 spiro atoms. The molecule has 1 unspecified atom stereocenters. The molecule has 0 bridgehead atoms. The Morgan fingerprint density at radius 2 is 2.00 bits per heavy atom. The first kappa shape index (κ1) is 15.4. The maximum atomic E-state index is 12.5. The lowest BCUT2D eigenvalue weighted by Gasteiger charge is -2.17. The lowest BCUT2D eigenvalue weighted by Crippen LogP contribution is -2.36. The fraction of sp³-hybridized carbons (Fsp3) is 0.273. The van der Waals surface area contributed by atoms with Crippen LogP contribution in [0.15, 0.2) is 24.3 Å². The fourth-order valence-electron chi connectivity index (χ4n) is 1.29. The van der Waals surface area contributed by atoms with E-state index in [0.717, 1.165) is 6.07 Å². The van der Waals surface area contributed by atoms with Gasteiger partial charge in [-0.3, -0.25) is 4.79 Å². The number of rotatable bonds is 4. The minimum Gasteiger partial charge on any atom is -0.478 e. The van der Waals surface area contributed by atoms with Crippen LogP contribution in [0.1, 0.15) is 10.4 Å². The molecule has 0 aliphatic carbocycles. The van der Waals surface area contributed by atoms with E-state index < -0.39 is 29.7 Å². The number of benzene rings is 1. The minimum absolute atomic E-state index is 0.0130. The van der Waals surface area contributed by atoms with E-state index in [4.69, 9.17) is 5.11 Å². The van der Waals surface area contributed by atoms with Gasteiger partial charge in [-0.15, -0.1) is 0 Å². The number of hydrogen-bond donors (Lipinski definition) is 3. The third kappa shape index (κ3) is 4.16. The number of hydrogen-bond acceptors (Lipinski definition) is 3. The topological polar surface area (TPSA) is 66.4 Å². The third-order valence-electron chi connectivity index (χ3n) is 2.27. The molecule has 1 amide bonds. The molecule has 1 aromatic rings. The van der Waals surface area contributed by atoms with Crippen molar-refractivity contribution in [3.05, 3.63) is 29.8 Å². The number of thiol groups is 1. The van der Waals surface area contributed by atoms with Crippen LogP contribution in [0.2, 0.25) is 0 Å². The Morgan fingerprint density at radius 3 is 2.47 bits per heavy atom. The van der Waals surface area contributed by atoms with Crippen LogP contribution in [0.4, 0.5) is 18.9 Å². The van der Waals surface area contributed by atoms with Gasteiger partial charge in [0.1, 0.15) is 5.92 Å². The van der Waals surface area contributed by atoms with Gasteiger partial charge in [0.25, 0.3) is 0 Å². The first-order valence-electron chi connectivity index (χ1n) is 5.07. The largest absolute Gasteiger partial charge is 0.478 e. The quantitative estimate of drug-likeness (QED) is 0.747. The third-order valence-corrected chi connectivity index (χ3v) is 2.64. The van der Waals surface area contributed by atoms with Gasteiger partial charge in [-0.2, -0.15) is 25.8 Å². The Hall–Kier alpha value is -1.70. The van der Waals surface area contributed by atoms with Gasteiger partial charge in [0, 0.05) is 11.4 Å². The Balaban J connectivity index is 2.87. The second-order valence-corrected chi connectivity index (χ2v) is 4.02. The number of nitrogens with one attached hydrogen (secondary N) is 1. The smallest absolute Gasteiger partial charge is 0.401 e. The van der Waals surface area contributed by atoms with Crippen molar-refractivity contribution >= 4 is 30.2 Å². The van der Waals surface area contributed by atoms with Gasteiger partial charge in [0.05, 0.1) is 5.56 Å². The number of amides is 1. The summed E-state index contributed by atoms with van der Waals surface area (Å²) in [7, 11) is 0. The van der Waals surface area contributed by atoms with Crippen molar-refractivity contribution in [1.82, 2.24) is 0 Å². The molecular weight excluding hydrogens is 283 g/mol. The van der Waals surface area contributed by atoms with E-state index in [1.165, 1.54) is 18.2 Å². The van der Waals surface area contributed by atoms with Crippen molar-refractivity contribution < 1.29 is 27.9 Å². The molecule has 8 heteroatoms. The Morgan fingerprint density at radius 1 is 1.37 bits per heavy atom. The maximum absolute atomic E-state index is 12.5. The number of carbonyl (C=O) groups excluding carboxylic acids is 1. The molecule has 2 N–H and O–H groups in total. The number of anilines is 1. The van der Waals surface area contributed by atoms with E-state index in [9.17, 15) is 22.8 Å². The number of carbonyl (C=O) groups is 2. The molecule has 1 rings (SSSR count). The molecule has 0 fully saturated rings. The molecule has 0 heterocycles. The molecule has 0 aliphatic rings. The van der Waals surface area contributed by atoms with Gasteiger partial charge < -0.3 is 10.4 Å². The number of carboxylic acids is 1. The lowest BCUT2D eigenvalue weighted by atomic mass is 10.1. The highest BCUT2D eigenvalue weighted by atomic mass is 32.1. The van der Waals surface area contributed by atoms with Crippen LogP contribution >= 0.6 is 12.6 Å². The molecule has 0 saturated carbocycles. The number of aromatic carboxylic acids is 1. The zero-order valence-corrected chi connectivity index (χ0v) is 10.3. The summed E-state index contributed by atoms with van der Waals surface area (Å²) in [4.78, 5) is 22.1. The Bertz CT molecular complexity index is 490. The molecule has 4 nitrogen and oxygen atoms in total. The summed E-state index contributed by atoms with van der Waals surface area (Å²) in [5.74, 6) is -5.44. The molecule has 0 aromatic heterocycles. The average Bonchev–Trinajstić information content (AvgIpc) is 2.28. The standard InChI is InChI=1S/C11H10F3NO3S/c12-11(13,14)8(5-19)9(16)15-7-3-1-2-6(4-7)10(17)18/h1-4,8,19H,5H2,(H,15,16)(H,17,18). The first-order chi connectivity index (χ1) is 8.75. The Kier molecular flexibility index (Phi) is 4.82. The SMILES string of the molecule is O=C(O)c1cccc(NC(=O)C(CS)C(F)(F)F)c1. The van der Waals surface area contributed by atoms with Gasteiger partial charge in [-0.05, 0) is 18.2 Å². The second-order valence-electron chi connectivity index (χ2n) is 3.65. The van der Waals surface area contributed by atoms with Crippen molar-refractivity contribution in [2.75, 3.05) is 11.1 Å². The molecular formula is C11H10F3NO3S. The summed E-state index contributed by atoms with van der Waals surface area (Å²) < 4.78 is 37.4. The molecule has 1 aromatic carbocycles. The molecule has 0 radical (unpaired) electrons. The van der Waals surface area contributed by atoms with Crippen LogP contribution in [-0.2, 0) is 4.79 Å². The molecule has 19 heavy (non-hydrogen) atoms. The Labute approximate surface area is 112 Å². The normalized spacial score (nSPS) is 12.8. The van der Waals surface area contributed by atoms with Crippen molar-refractivity contribution in [3.8, 4) is 0 Å². The zero-order valence-electron chi connectivity index (χ0n) is 9.44. The summed E-state index contributed by atoms with van der Waals surface area (Å²) in [6.45, 7) is 0. The monoisotopic (exact) mass is 293 g/mol. The van der Waals surface area contributed by atoms with Gasteiger partial charge in [0.15, 0.2) is 0 Å². The van der Waals surface area contributed by atoms with E-state index >= 15 is 0 Å². The first-order valence-corrected chi connectivity index (χ1v) is 5.70. The van der Waals surface area contributed by atoms with Crippen LogP contribution < -0.4 is 5.32 Å². The van der Waals surface area contributed by atoms with Gasteiger partial charge in [-0.1, -0.05) is 6.07 Å². The van der Waals surface area contributed by atoms with Crippen molar-refractivity contribution in [1.29, 1.82) is 0 Å². The predicted octanol–water partition coefficient (Wildman–Crippen LogP) is 2.43. The van der Waals surface area contributed by atoms with E-state index in [1.807, 2.05) is 5.32 Å². The van der Waals surface area contributed by atoms with Gasteiger partial charge in [-0.25, -0.2) is 4.79 Å². The van der Waals surface area contributed by atoms with E-state index in [2.05, 4.69) is 12.6 Å². The zero-order chi connectivity index (χ0) is 14.6.